The molecule has 0 radical (unpaired) electrons. The minimum atomic E-state index is 0.314. The number of benzene rings is 3. The Bertz CT molecular complexity index is 692. The van der Waals surface area contributed by atoms with Gasteiger partial charge in [-0.15, -0.1) is 0 Å². The molecule has 0 aliphatic heterocycles. The molecule has 0 saturated heterocycles. The molecule has 0 aliphatic rings. The number of nitrogens with one attached hydrogen (secondary N) is 1. The summed E-state index contributed by atoms with van der Waals surface area (Å²) in [6.45, 7) is 0.701. The van der Waals surface area contributed by atoms with Crippen LogP contribution < -0.4 is 5.32 Å². The van der Waals surface area contributed by atoms with Gasteiger partial charge in [0, 0.05) is 11.9 Å². The Morgan fingerprint density at radius 1 is 0.789 bits per heavy atom. The molecule has 0 saturated carbocycles. The molecule has 2 heteroatoms. The molecule has 3 aromatic rings. The molecule has 0 unspecified atom stereocenters. The maximum atomic E-state index is 10.3. The van der Waals surface area contributed by atoms with E-state index in [2.05, 4.69) is 17.4 Å². The van der Waals surface area contributed by atoms with E-state index in [9.17, 15) is 5.11 Å². The Balaban J connectivity index is 1.87. The Morgan fingerprint density at radius 3 is 2.37 bits per heavy atom. The second kappa shape index (κ2) is 5.02. The molecule has 3 aromatic carbocycles. The molecule has 0 atom stereocenters. The second-order valence-electron chi connectivity index (χ2n) is 4.52. The lowest BCUT2D eigenvalue weighted by Crippen LogP contribution is -1.99. The van der Waals surface area contributed by atoms with E-state index in [-0.39, 0.29) is 0 Å². The van der Waals surface area contributed by atoms with Gasteiger partial charge in [-0.2, -0.15) is 0 Å². The first-order valence-corrected chi connectivity index (χ1v) is 6.33. The SMILES string of the molecule is Oc1c(NCc2ccccc2)ccc2ccccc12. The summed E-state index contributed by atoms with van der Waals surface area (Å²) in [7, 11) is 0. The highest BCUT2D eigenvalue weighted by Gasteiger charge is 2.05. The largest absolute Gasteiger partial charge is 0.505 e. The molecule has 0 heterocycles. The van der Waals surface area contributed by atoms with Crippen molar-refractivity contribution in [3.63, 3.8) is 0 Å². The maximum absolute atomic E-state index is 10.3. The summed E-state index contributed by atoms with van der Waals surface area (Å²) in [4.78, 5) is 0. The Morgan fingerprint density at radius 2 is 1.53 bits per heavy atom. The van der Waals surface area contributed by atoms with E-state index in [1.54, 1.807) is 0 Å². The Labute approximate surface area is 112 Å². The van der Waals surface area contributed by atoms with Crippen LogP contribution >= 0.6 is 0 Å². The van der Waals surface area contributed by atoms with Gasteiger partial charge in [-0.05, 0) is 17.0 Å². The number of aromatic hydroxyl groups is 1. The summed E-state index contributed by atoms with van der Waals surface area (Å²) in [5, 5.41) is 15.5. The van der Waals surface area contributed by atoms with E-state index in [4.69, 9.17) is 0 Å². The first-order valence-electron chi connectivity index (χ1n) is 6.33. The average molecular weight is 249 g/mol. The van der Waals surface area contributed by atoms with Crippen molar-refractivity contribution in [2.45, 2.75) is 6.54 Å². The zero-order chi connectivity index (χ0) is 13.1. The highest BCUT2D eigenvalue weighted by Crippen LogP contribution is 2.32. The Hall–Kier alpha value is -2.48. The summed E-state index contributed by atoms with van der Waals surface area (Å²) in [6, 6.07) is 21.9. The minimum absolute atomic E-state index is 0.314. The molecule has 94 valence electrons. The first-order chi connectivity index (χ1) is 9.34. The van der Waals surface area contributed by atoms with Crippen molar-refractivity contribution in [1.29, 1.82) is 0 Å². The van der Waals surface area contributed by atoms with Crippen molar-refractivity contribution >= 4 is 16.5 Å². The predicted molar refractivity (Wildman–Crippen MR) is 79.4 cm³/mol. The van der Waals surface area contributed by atoms with Crippen molar-refractivity contribution in [1.82, 2.24) is 0 Å². The smallest absolute Gasteiger partial charge is 0.146 e. The summed E-state index contributed by atoms with van der Waals surface area (Å²) in [6.07, 6.45) is 0. The van der Waals surface area contributed by atoms with Gasteiger partial charge in [-0.25, -0.2) is 0 Å². The van der Waals surface area contributed by atoms with Crippen LogP contribution in [0.3, 0.4) is 0 Å². The van der Waals surface area contributed by atoms with E-state index in [0.717, 1.165) is 16.5 Å². The number of hydrogen-bond acceptors (Lipinski definition) is 2. The number of fused-ring (bicyclic) bond motifs is 1. The molecule has 0 spiro atoms. The lowest BCUT2D eigenvalue weighted by Gasteiger charge is -2.10. The van der Waals surface area contributed by atoms with Crippen LogP contribution in [-0.4, -0.2) is 5.11 Å². The van der Waals surface area contributed by atoms with Gasteiger partial charge in [0.1, 0.15) is 5.75 Å². The topological polar surface area (TPSA) is 32.3 Å². The predicted octanol–water partition coefficient (Wildman–Crippen LogP) is 4.16. The molecule has 2 nitrogen and oxygen atoms in total. The van der Waals surface area contributed by atoms with Crippen LogP contribution in [-0.2, 0) is 6.54 Å². The van der Waals surface area contributed by atoms with Crippen LogP contribution in [0.15, 0.2) is 66.7 Å². The molecular weight excluding hydrogens is 234 g/mol. The van der Waals surface area contributed by atoms with Crippen molar-refractivity contribution < 1.29 is 5.11 Å². The van der Waals surface area contributed by atoms with E-state index < -0.39 is 0 Å². The fourth-order valence-corrected chi connectivity index (χ4v) is 2.19. The van der Waals surface area contributed by atoms with Crippen LogP contribution in [0.1, 0.15) is 5.56 Å². The van der Waals surface area contributed by atoms with Crippen LogP contribution in [0.25, 0.3) is 10.8 Å². The van der Waals surface area contributed by atoms with E-state index in [0.29, 0.717) is 12.3 Å². The molecule has 0 aromatic heterocycles. The fraction of sp³-hybridized carbons (Fsp3) is 0.0588. The lowest BCUT2D eigenvalue weighted by molar-refractivity contribution is 0.483. The van der Waals surface area contributed by atoms with E-state index in [1.165, 1.54) is 5.56 Å². The number of hydrogen-bond donors (Lipinski definition) is 2. The maximum Gasteiger partial charge on any atom is 0.146 e. The van der Waals surface area contributed by atoms with Crippen LogP contribution in [0.4, 0.5) is 5.69 Å². The van der Waals surface area contributed by atoms with Crippen LogP contribution in [0.2, 0.25) is 0 Å². The highest BCUT2D eigenvalue weighted by molar-refractivity contribution is 5.92. The number of rotatable bonds is 3. The molecule has 0 fully saturated rings. The fourth-order valence-electron chi connectivity index (χ4n) is 2.19. The minimum Gasteiger partial charge on any atom is -0.505 e. The third-order valence-electron chi connectivity index (χ3n) is 3.23. The van der Waals surface area contributed by atoms with Crippen molar-refractivity contribution in [2.75, 3.05) is 5.32 Å². The molecule has 2 N–H and O–H groups in total. The quantitative estimate of drug-likeness (QED) is 0.683. The first kappa shape index (κ1) is 11.6. The average Bonchev–Trinajstić information content (AvgIpc) is 2.48. The summed E-state index contributed by atoms with van der Waals surface area (Å²) in [5.74, 6) is 0.314. The van der Waals surface area contributed by atoms with Gasteiger partial charge in [0.25, 0.3) is 0 Å². The highest BCUT2D eigenvalue weighted by atomic mass is 16.3. The molecule has 19 heavy (non-hydrogen) atoms. The van der Waals surface area contributed by atoms with Gasteiger partial charge in [-0.1, -0.05) is 60.7 Å². The number of phenolic OH excluding ortho intramolecular Hbond substituents is 1. The summed E-state index contributed by atoms with van der Waals surface area (Å²) < 4.78 is 0. The van der Waals surface area contributed by atoms with Gasteiger partial charge < -0.3 is 10.4 Å². The zero-order valence-electron chi connectivity index (χ0n) is 10.5. The zero-order valence-corrected chi connectivity index (χ0v) is 10.5. The second-order valence-corrected chi connectivity index (χ2v) is 4.52. The molecule has 0 bridgehead atoms. The number of phenols is 1. The number of anilines is 1. The van der Waals surface area contributed by atoms with E-state index in [1.807, 2.05) is 54.6 Å². The molecular formula is C17H15NO. The lowest BCUT2D eigenvalue weighted by atomic mass is 10.1. The third-order valence-corrected chi connectivity index (χ3v) is 3.23. The van der Waals surface area contributed by atoms with Crippen LogP contribution in [0.5, 0.6) is 5.75 Å². The summed E-state index contributed by atoms with van der Waals surface area (Å²) >= 11 is 0. The van der Waals surface area contributed by atoms with Gasteiger partial charge in [0.2, 0.25) is 0 Å². The van der Waals surface area contributed by atoms with Crippen molar-refractivity contribution in [3.8, 4) is 5.75 Å². The van der Waals surface area contributed by atoms with Gasteiger partial charge in [0.05, 0.1) is 5.69 Å². The normalized spacial score (nSPS) is 10.5. The van der Waals surface area contributed by atoms with E-state index >= 15 is 0 Å². The third kappa shape index (κ3) is 2.38. The summed E-state index contributed by atoms with van der Waals surface area (Å²) in [5.41, 5.74) is 1.96. The molecule has 0 aliphatic carbocycles. The van der Waals surface area contributed by atoms with Gasteiger partial charge in [0.15, 0.2) is 0 Å². The molecule has 3 rings (SSSR count). The van der Waals surface area contributed by atoms with Crippen molar-refractivity contribution in [2.24, 2.45) is 0 Å². The Kier molecular flexibility index (Phi) is 3.07. The van der Waals surface area contributed by atoms with Gasteiger partial charge >= 0.3 is 0 Å². The van der Waals surface area contributed by atoms with Gasteiger partial charge in [-0.3, -0.25) is 0 Å². The van der Waals surface area contributed by atoms with Crippen molar-refractivity contribution in [3.05, 3.63) is 72.3 Å². The molecule has 0 amide bonds. The van der Waals surface area contributed by atoms with Crippen LogP contribution in [0, 0.1) is 0 Å². The standard InChI is InChI=1S/C17H15NO/c19-17-15-9-5-4-8-14(15)10-11-16(17)18-12-13-6-2-1-3-7-13/h1-11,18-19H,12H2. The monoisotopic (exact) mass is 249 g/mol.